The van der Waals surface area contributed by atoms with E-state index in [0.29, 0.717) is 31.1 Å². The molecule has 1 saturated heterocycles. The molecule has 2 aliphatic heterocycles. The highest BCUT2D eigenvalue weighted by Crippen LogP contribution is 2.30. The van der Waals surface area contributed by atoms with E-state index in [4.69, 9.17) is 4.74 Å². The fraction of sp³-hybridized carbons (Fsp3) is 0.444. The van der Waals surface area contributed by atoms with Gasteiger partial charge in [0.15, 0.2) is 0 Å². The molecule has 0 N–H and O–H groups in total. The third kappa shape index (κ3) is 3.26. The van der Waals surface area contributed by atoms with E-state index in [0.717, 1.165) is 30.6 Å². The molecule has 1 fully saturated rings. The van der Waals surface area contributed by atoms with Gasteiger partial charge in [-0.05, 0) is 42.5 Å². The van der Waals surface area contributed by atoms with Gasteiger partial charge in [-0.2, -0.15) is 4.31 Å². The number of hydrogen-bond acceptors (Lipinski definition) is 5. The molecule has 0 radical (unpaired) electrons. The van der Waals surface area contributed by atoms with Gasteiger partial charge in [0.2, 0.25) is 10.0 Å². The Hall–Kier alpha value is -2.19. The Morgan fingerprint density at radius 2 is 2.00 bits per heavy atom. The summed E-state index contributed by atoms with van der Waals surface area (Å²) in [5.41, 5.74) is 0.882. The van der Waals surface area contributed by atoms with Gasteiger partial charge < -0.3 is 4.74 Å². The minimum Gasteiger partial charge on any atom is -0.493 e. The Labute approximate surface area is 152 Å². The molecule has 0 unspecified atom stereocenters. The first-order chi connectivity index (χ1) is 12.5. The van der Waals surface area contributed by atoms with Crippen LogP contribution in [0.3, 0.4) is 0 Å². The summed E-state index contributed by atoms with van der Waals surface area (Å²) in [6, 6.07) is 6.55. The normalized spacial score (nSPS) is 18.5. The minimum atomic E-state index is -3.49. The van der Waals surface area contributed by atoms with Crippen LogP contribution in [0.25, 0.3) is 0 Å². The van der Waals surface area contributed by atoms with Crippen molar-refractivity contribution in [1.82, 2.24) is 13.9 Å². The number of nitrogens with zero attached hydrogens (tertiary/aromatic N) is 3. The van der Waals surface area contributed by atoms with Gasteiger partial charge in [-0.3, -0.25) is 9.36 Å². The predicted octanol–water partition coefficient (Wildman–Crippen LogP) is 1.28. The second-order valence-corrected chi connectivity index (χ2v) is 8.72. The first-order valence-electron chi connectivity index (χ1n) is 8.80. The molecule has 1 aromatic heterocycles. The number of benzene rings is 1. The summed E-state index contributed by atoms with van der Waals surface area (Å²) in [7, 11) is -3.49. The van der Waals surface area contributed by atoms with Crippen LogP contribution in [-0.4, -0.2) is 42.0 Å². The van der Waals surface area contributed by atoms with Crippen LogP contribution in [-0.2, 0) is 23.0 Å². The van der Waals surface area contributed by atoms with Crippen LogP contribution in [0.4, 0.5) is 0 Å². The summed E-state index contributed by atoms with van der Waals surface area (Å²) >= 11 is 0. The smallest absolute Gasteiger partial charge is 0.253 e. The topological polar surface area (TPSA) is 81.5 Å². The number of piperidine rings is 1. The lowest BCUT2D eigenvalue weighted by molar-refractivity contribution is 0.251. The third-order valence-electron chi connectivity index (χ3n) is 5.12. The average molecular weight is 375 g/mol. The molecule has 8 heteroatoms. The van der Waals surface area contributed by atoms with Crippen LogP contribution < -0.4 is 10.3 Å². The second-order valence-electron chi connectivity index (χ2n) is 6.79. The van der Waals surface area contributed by atoms with Gasteiger partial charge in [-0.15, -0.1) is 0 Å². The molecular formula is C18H21N3O4S. The predicted molar refractivity (Wildman–Crippen MR) is 95.6 cm³/mol. The van der Waals surface area contributed by atoms with Crippen molar-refractivity contribution < 1.29 is 13.2 Å². The van der Waals surface area contributed by atoms with Crippen molar-refractivity contribution in [3.05, 3.63) is 52.7 Å². The Balaban J connectivity index is 1.44. The zero-order valence-electron chi connectivity index (χ0n) is 14.4. The van der Waals surface area contributed by atoms with Crippen LogP contribution in [0.2, 0.25) is 0 Å². The first kappa shape index (κ1) is 17.2. The lowest BCUT2D eigenvalue weighted by Gasteiger charge is -2.31. The largest absolute Gasteiger partial charge is 0.493 e. The highest BCUT2D eigenvalue weighted by Gasteiger charge is 2.30. The molecule has 1 aromatic carbocycles. The van der Waals surface area contributed by atoms with Crippen molar-refractivity contribution in [2.24, 2.45) is 5.92 Å². The van der Waals surface area contributed by atoms with Crippen LogP contribution >= 0.6 is 0 Å². The highest BCUT2D eigenvalue weighted by atomic mass is 32.2. The van der Waals surface area contributed by atoms with E-state index in [9.17, 15) is 13.2 Å². The molecule has 3 heterocycles. The Morgan fingerprint density at radius 3 is 2.77 bits per heavy atom. The number of sulfonamides is 1. The minimum absolute atomic E-state index is 0.0737. The molecule has 0 amide bonds. The summed E-state index contributed by atoms with van der Waals surface area (Å²) in [5, 5.41) is 0. The summed E-state index contributed by atoms with van der Waals surface area (Å²) in [4.78, 5) is 16.1. The van der Waals surface area contributed by atoms with Gasteiger partial charge in [-0.1, -0.05) is 0 Å². The third-order valence-corrected chi connectivity index (χ3v) is 7.01. The number of fused-ring (bicyclic) bond motifs is 1. The highest BCUT2D eigenvalue weighted by molar-refractivity contribution is 7.89. The Morgan fingerprint density at radius 1 is 1.19 bits per heavy atom. The molecule has 0 atom stereocenters. The van der Waals surface area contributed by atoms with Crippen molar-refractivity contribution in [1.29, 1.82) is 0 Å². The molecule has 0 saturated carbocycles. The lowest BCUT2D eigenvalue weighted by Crippen LogP contribution is -2.40. The number of rotatable bonds is 4. The van der Waals surface area contributed by atoms with Crippen molar-refractivity contribution in [3.63, 3.8) is 0 Å². The SMILES string of the molecule is O=c1ccncn1CC1CCN(S(=O)(=O)c2ccc3c(c2)CCO3)CC1. The molecule has 138 valence electrons. The molecule has 0 bridgehead atoms. The molecule has 26 heavy (non-hydrogen) atoms. The first-order valence-corrected chi connectivity index (χ1v) is 10.2. The van der Waals surface area contributed by atoms with E-state index in [1.54, 1.807) is 27.1 Å². The van der Waals surface area contributed by atoms with E-state index < -0.39 is 10.0 Å². The quantitative estimate of drug-likeness (QED) is 0.804. The van der Waals surface area contributed by atoms with Crippen LogP contribution in [0, 0.1) is 5.92 Å². The number of hydrogen-bond donors (Lipinski definition) is 0. The number of ether oxygens (including phenoxy) is 1. The summed E-state index contributed by atoms with van der Waals surface area (Å²) in [5.74, 6) is 1.06. The van der Waals surface area contributed by atoms with Crippen LogP contribution in [0.1, 0.15) is 18.4 Å². The van der Waals surface area contributed by atoms with Crippen molar-refractivity contribution in [2.75, 3.05) is 19.7 Å². The van der Waals surface area contributed by atoms with E-state index in [2.05, 4.69) is 4.98 Å². The van der Waals surface area contributed by atoms with E-state index in [1.807, 2.05) is 0 Å². The maximum absolute atomic E-state index is 12.9. The van der Waals surface area contributed by atoms with Gasteiger partial charge in [0, 0.05) is 38.3 Å². The molecule has 2 aromatic rings. The molecule has 2 aliphatic rings. The van der Waals surface area contributed by atoms with Gasteiger partial charge in [0.25, 0.3) is 5.56 Å². The van der Waals surface area contributed by atoms with Crippen molar-refractivity contribution in [2.45, 2.75) is 30.7 Å². The van der Waals surface area contributed by atoms with E-state index >= 15 is 0 Å². The molecule has 7 nitrogen and oxygen atoms in total. The van der Waals surface area contributed by atoms with Crippen molar-refractivity contribution in [3.8, 4) is 5.75 Å². The average Bonchev–Trinajstić information content (AvgIpc) is 3.12. The summed E-state index contributed by atoms with van der Waals surface area (Å²) < 4.78 is 34.4. The Kier molecular flexibility index (Phi) is 4.54. The maximum atomic E-state index is 12.9. The summed E-state index contributed by atoms with van der Waals surface area (Å²) in [6.45, 7) is 2.12. The fourth-order valence-corrected chi connectivity index (χ4v) is 5.12. The van der Waals surface area contributed by atoms with Gasteiger partial charge in [0.1, 0.15) is 5.75 Å². The maximum Gasteiger partial charge on any atom is 0.253 e. The summed E-state index contributed by atoms with van der Waals surface area (Å²) in [6.07, 6.45) is 5.23. The molecule has 4 rings (SSSR count). The molecule has 0 aliphatic carbocycles. The van der Waals surface area contributed by atoms with Crippen molar-refractivity contribution >= 4 is 10.0 Å². The number of aromatic nitrogens is 2. The van der Waals surface area contributed by atoms with Gasteiger partial charge in [-0.25, -0.2) is 13.4 Å². The monoisotopic (exact) mass is 375 g/mol. The zero-order valence-corrected chi connectivity index (χ0v) is 15.2. The molecule has 0 spiro atoms. The van der Waals surface area contributed by atoms with Crippen LogP contribution in [0.15, 0.2) is 46.5 Å². The Bertz CT molecular complexity index is 962. The van der Waals surface area contributed by atoms with E-state index in [-0.39, 0.29) is 11.5 Å². The van der Waals surface area contributed by atoms with E-state index in [1.165, 1.54) is 18.6 Å². The zero-order chi connectivity index (χ0) is 18.1. The van der Waals surface area contributed by atoms with Gasteiger partial charge >= 0.3 is 0 Å². The van der Waals surface area contributed by atoms with Gasteiger partial charge in [0.05, 0.1) is 17.8 Å². The fourth-order valence-electron chi connectivity index (χ4n) is 3.60. The lowest BCUT2D eigenvalue weighted by atomic mass is 9.98. The second kappa shape index (κ2) is 6.85. The van der Waals surface area contributed by atoms with Crippen LogP contribution in [0.5, 0.6) is 5.75 Å². The molecular weight excluding hydrogens is 354 g/mol. The standard InChI is InChI=1S/C18H21N3O4S/c22-18-3-7-19-13-20(18)12-14-4-8-21(9-5-14)26(23,24)16-1-2-17-15(11-16)6-10-25-17/h1-3,7,11,13-14H,4-6,8-10,12H2.